The van der Waals surface area contributed by atoms with Crippen LogP contribution in [-0.4, -0.2) is 11.1 Å². The van der Waals surface area contributed by atoms with E-state index in [9.17, 15) is 4.79 Å². The molecular weight excluding hydrogens is 188 g/mol. The van der Waals surface area contributed by atoms with Gasteiger partial charge in [0.2, 0.25) is 0 Å². The van der Waals surface area contributed by atoms with Crippen molar-refractivity contribution < 1.29 is 9.90 Å². The summed E-state index contributed by atoms with van der Waals surface area (Å²) in [5.74, 6) is -0.998. The van der Waals surface area contributed by atoms with Gasteiger partial charge in [0.15, 0.2) is 0 Å². The zero-order chi connectivity index (χ0) is 10.4. The molecular formula is C13H10O2. The molecule has 2 aromatic rings. The lowest BCUT2D eigenvalue weighted by atomic mass is 9.76. The summed E-state index contributed by atoms with van der Waals surface area (Å²) in [6.07, 6.45) is 0.676. The number of aliphatic carboxylic acids is 1. The number of carbonyl (C=O) groups is 1. The minimum absolute atomic E-state index is 0.287. The molecule has 15 heavy (non-hydrogen) atoms. The highest BCUT2D eigenvalue weighted by Crippen LogP contribution is 2.37. The number of hydrogen-bond acceptors (Lipinski definition) is 1. The fourth-order valence-electron chi connectivity index (χ4n) is 2.23. The second kappa shape index (κ2) is 2.83. The summed E-state index contributed by atoms with van der Waals surface area (Å²) < 4.78 is 0. The zero-order valence-electron chi connectivity index (χ0n) is 8.10. The molecule has 0 aromatic heterocycles. The summed E-state index contributed by atoms with van der Waals surface area (Å²) in [7, 11) is 0. The second-order valence-electron chi connectivity index (χ2n) is 3.99. The van der Waals surface area contributed by atoms with Crippen LogP contribution in [0.15, 0.2) is 36.4 Å². The minimum atomic E-state index is -0.710. The second-order valence-corrected chi connectivity index (χ2v) is 3.99. The van der Waals surface area contributed by atoms with Crippen LogP contribution >= 0.6 is 0 Å². The maximum atomic E-state index is 10.9. The molecule has 0 radical (unpaired) electrons. The molecule has 3 rings (SSSR count). The molecule has 0 amide bonds. The van der Waals surface area contributed by atoms with E-state index in [1.54, 1.807) is 0 Å². The molecule has 0 saturated heterocycles. The number of rotatable bonds is 1. The number of hydrogen-bond donors (Lipinski definition) is 1. The molecule has 1 unspecified atom stereocenters. The van der Waals surface area contributed by atoms with Crippen molar-refractivity contribution in [3.8, 4) is 0 Å². The molecule has 2 aromatic carbocycles. The molecule has 1 aliphatic rings. The first-order chi connectivity index (χ1) is 7.25. The molecule has 2 heteroatoms. The Morgan fingerprint density at radius 3 is 2.53 bits per heavy atom. The fourth-order valence-corrected chi connectivity index (χ4v) is 2.23. The molecule has 0 saturated carbocycles. The van der Waals surface area contributed by atoms with E-state index in [2.05, 4.69) is 12.1 Å². The van der Waals surface area contributed by atoms with Gasteiger partial charge in [0.25, 0.3) is 0 Å². The van der Waals surface area contributed by atoms with Crippen molar-refractivity contribution in [2.24, 2.45) is 0 Å². The van der Waals surface area contributed by atoms with E-state index in [0.29, 0.717) is 6.42 Å². The van der Waals surface area contributed by atoms with Crippen molar-refractivity contribution in [1.29, 1.82) is 0 Å². The SMILES string of the molecule is O=C(O)C1Cc2cc3ccccc3cc21. The third kappa shape index (κ3) is 1.14. The molecule has 74 valence electrons. The van der Waals surface area contributed by atoms with E-state index < -0.39 is 5.97 Å². The quantitative estimate of drug-likeness (QED) is 0.764. The molecule has 0 aliphatic heterocycles. The van der Waals surface area contributed by atoms with Crippen LogP contribution in [0.3, 0.4) is 0 Å². The highest BCUT2D eigenvalue weighted by molar-refractivity contribution is 5.89. The third-order valence-electron chi connectivity index (χ3n) is 3.11. The van der Waals surface area contributed by atoms with Gasteiger partial charge in [-0.05, 0) is 28.3 Å². The predicted molar refractivity (Wildman–Crippen MR) is 58.0 cm³/mol. The molecule has 0 spiro atoms. The maximum Gasteiger partial charge on any atom is 0.311 e. The number of carboxylic acid groups (broad SMARTS) is 1. The average Bonchev–Trinajstić information content (AvgIpc) is 2.20. The molecule has 0 fully saturated rings. The largest absolute Gasteiger partial charge is 0.481 e. The molecule has 1 atom stereocenters. The van der Waals surface area contributed by atoms with Crippen molar-refractivity contribution in [2.75, 3.05) is 0 Å². The van der Waals surface area contributed by atoms with Crippen molar-refractivity contribution in [3.63, 3.8) is 0 Å². The van der Waals surface area contributed by atoms with Gasteiger partial charge in [-0.15, -0.1) is 0 Å². The summed E-state index contributed by atoms with van der Waals surface area (Å²) in [6.45, 7) is 0. The molecule has 1 aliphatic carbocycles. The first kappa shape index (κ1) is 8.48. The summed E-state index contributed by atoms with van der Waals surface area (Å²) >= 11 is 0. The van der Waals surface area contributed by atoms with E-state index in [-0.39, 0.29) is 5.92 Å². The summed E-state index contributed by atoms with van der Waals surface area (Å²) in [4.78, 5) is 10.9. The monoisotopic (exact) mass is 198 g/mol. The van der Waals surface area contributed by atoms with Crippen LogP contribution in [0.5, 0.6) is 0 Å². The van der Waals surface area contributed by atoms with Crippen LogP contribution < -0.4 is 0 Å². The fraction of sp³-hybridized carbons (Fsp3) is 0.154. The lowest BCUT2D eigenvalue weighted by Crippen LogP contribution is -2.24. The Morgan fingerprint density at radius 2 is 1.87 bits per heavy atom. The first-order valence-electron chi connectivity index (χ1n) is 5.00. The minimum Gasteiger partial charge on any atom is -0.481 e. The Labute approximate surface area is 87.2 Å². The average molecular weight is 198 g/mol. The van der Waals surface area contributed by atoms with Gasteiger partial charge in [-0.3, -0.25) is 4.79 Å². The van der Waals surface area contributed by atoms with Crippen LogP contribution in [0.2, 0.25) is 0 Å². The molecule has 1 N–H and O–H groups in total. The van der Waals surface area contributed by atoms with E-state index in [4.69, 9.17) is 5.11 Å². The third-order valence-corrected chi connectivity index (χ3v) is 3.11. The van der Waals surface area contributed by atoms with Crippen molar-refractivity contribution >= 4 is 16.7 Å². The molecule has 2 nitrogen and oxygen atoms in total. The summed E-state index contributed by atoms with van der Waals surface area (Å²) in [5, 5.41) is 11.3. The van der Waals surface area contributed by atoms with Gasteiger partial charge in [-0.1, -0.05) is 36.4 Å². The Morgan fingerprint density at radius 1 is 1.20 bits per heavy atom. The Bertz CT molecular complexity index is 557. The number of fused-ring (bicyclic) bond motifs is 2. The highest BCUT2D eigenvalue weighted by Gasteiger charge is 2.32. The Kier molecular flexibility index (Phi) is 1.60. The van der Waals surface area contributed by atoms with Crippen LogP contribution in [0.4, 0.5) is 0 Å². The summed E-state index contributed by atoms with van der Waals surface area (Å²) in [6, 6.07) is 12.2. The smallest absolute Gasteiger partial charge is 0.311 e. The summed E-state index contributed by atoms with van der Waals surface area (Å²) in [5.41, 5.74) is 2.17. The van der Waals surface area contributed by atoms with Gasteiger partial charge in [-0.2, -0.15) is 0 Å². The topological polar surface area (TPSA) is 37.3 Å². The molecule has 0 bridgehead atoms. The van der Waals surface area contributed by atoms with E-state index in [1.807, 2.05) is 24.3 Å². The predicted octanol–water partition coefficient (Wildman–Crippen LogP) is 2.56. The number of carboxylic acids is 1. The van der Waals surface area contributed by atoms with E-state index >= 15 is 0 Å². The zero-order valence-corrected chi connectivity index (χ0v) is 8.10. The highest BCUT2D eigenvalue weighted by atomic mass is 16.4. The van der Waals surface area contributed by atoms with Crippen LogP contribution in [-0.2, 0) is 11.2 Å². The van der Waals surface area contributed by atoms with Gasteiger partial charge in [0.05, 0.1) is 5.92 Å². The Hall–Kier alpha value is -1.83. The van der Waals surface area contributed by atoms with Gasteiger partial charge in [0.1, 0.15) is 0 Å². The van der Waals surface area contributed by atoms with Crippen LogP contribution in [0.1, 0.15) is 17.0 Å². The van der Waals surface area contributed by atoms with Gasteiger partial charge >= 0.3 is 5.97 Å². The van der Waals surface area contributed by atoms with Crippen molar-refractivity contribution in [1.82, 2.24) is 0 Å². The van der Waals surface area contributed by atoms with Gasteiger partial charge in [-0.25, -0.2) is 0 Å². The van der Waals surface area contributed by atoms with Crippen molar-refractivity contribution in [2.45, 2.75) is 12.3 Å². The van der Waals surface area contributed by atoms with Crippen LogP contribution in [0, 0.1) is 0 Å². The first-order valence-corrected chi connectivity index (χ1v) is 5.00. The standard InChI is InChI=1S/C13H10O2/c14-13(15)12-7-10-5-8-3-1-2-4-9(8)6-11(10)12/h1-6,12H,7H2,(H,14,15). The number of benzene rings is 2. The lowest BCUT2D eigenvalue weighted by molar-refractivity contribution is -0.139. The van der Waals surface area contributed by atoms with Gasteiger partial charge < -0.3 is 5.11 Å². The van der Waals surface area contributed by atoms with Gasteiger partial charge in [0, 0.05) is 0 Å². The molecule has 0 heterocycles. The van der Waals surface area contributed by atoms with E-state index in [0.717, 1.165) is 10.9 Å². The maximum absolute atomic E-state index is 10.9. The normalized spacial score (nSPS) is 18.3. The van der Waals surface area contributed by atoms with Crippen LogP contribution in [0.25, 0.3) is 10.8 Å². The van der Waals surface area contributed by atoms with Crippen molar-refractivity contribution in [3.05, 3.63) is 47.5 Å². The lowest BCUT2D eigenvalue weighted by Gasteiger charge is -2.27. The van der Waals surface area contributed by atoms with E-state index in [1.165, 1.54) is 10.9 Å². The Balaban J connectivity index is 2.20.